The third kappa shape index (κ3) is 3.94. The van der Waals surface area contributed by atoms with Gasteiger partial charge in [-0.2, -0.15) is 0 Å². The Kier molecular flexibility index (Phi) is 4.70. The number of benzene rings is 1. The van der Waals surface area contributed by atoms with Crippen LogP contribution in [0, 0.1) is 11.2 Å². The molecule has 1 rings (SSSR count). The molecule has 2 amide bonds. The highest BCUT2D eigenvalue weighted by Crippen LogP contribution is 2.20. The molecular formula is C14H19FN2O3. The molecule has 0 spiro atoms. The van der Waals surface area contributed by atoms with Gasteiger partial charge in [-0.25, -0.2) is 14.0 Å². The number of hydrogen-bond donors (Lipinski definition) is 2. The van der Waals surface area contributed by atoms with Crippen LogP contribution in [0.15, 0.2) is 24.3 Å². The smallest absolute Gasteiger partial charge is 0.326 e. The molecular weight excluding hydrogens is 263 g/mol. The number of urea groups is 1. The molecule has 0 aliphatic heterocycles. The molecule has 20 heavy (non-hydrogen) atoms. The molecule has 1 aromatic carbocycles. The number of carbonyl (C=O) groups excluding carboxylic acids is 1. The van der Waals surface area contributed by atoms with Crippen molar-refractivity contribution in [2.75, 3.05) is 11.9 Å². The van der Waals surface area contributed by atoms with Gasteiger partial charge in [0.25, 0.3) is 0 Å². The maximum absolute atomic E-state index is 12.8. The highest BCUT2D eigenvalue weighted by molar-refractivity contribution is 5.94. The summed E-state index contributed by atoms with van der Waals surface area (Å²) in [6, 6.07) is 3.79. The van der Waals surface area contributed by atoms with Gasteiger partial charge in [0.15, 0.2) is 0 Å². The lowest BCUT2D eigenvalue weighted by Gasteiger charge is -2.29. The van der Waals surface area contributed by atoms with Gasteiger partial charge in [0.1, 0.15) is 11.9 Å². The molecule has 1 unspecified atom stereocenters. The Morgan fingerprint density at radius 1 is 1.25 bits per heavy atom. The summed E-state index contributed by atoms with van der Waals surface area (Å²) >= 11 is 0. The minimum atomic E-state index is -1.10. The highest BCUT2D eigenvalue weighted by Gasteiger charge is 2.33. The van der Waals surface area contributed by atoms with Crippen molar-refractivity contribution in [3.63, 3.8) is 0 Å². The van der Waals surface area contributed by atoms with E-state index in [9.17, 15) is 14.0 Å². The van der Waals surface area contributed by atoms with E-state index < -0.39 is 29.3 Å². The summed E-state index contributed by atoms with van der Waals surface area (Å²) in [5.74, 6) is -1.50. The van der Waals surface area contributed by atoms with Crippen molar-refractivity contribution in [3.8, 4) is 0 Å². The van der Waals surface area contributed by atoms with E-state index in [1.54, 1.807) is 20.8 Å². The first-order valence-electron chi connectivity index (χ1n) is 6.15. The fraction of sp³-hybridized carbons (Fsp3) is 0.429. The molecule has 5 nitrogen and oxygen atoms in total. The second kappa shape index (κ2) is 5.90. The summed E-state index contributed by atoms with van der Waals surface area (Å²) < 4.78 is 12.8. The van der Waals surface area contributed by atoms with Crippen molar-refractivity contribution in [2.24, 2.45) is 5.41 Å². The average molecular weight is 282 g/mol. The molecule has 1 atom stereocenters. The Morgan fingerprint density at radius 2 is 1.75 bits per heavy atom. The Balaban J connectivity index is 2.84. The van der Waals surface area contributed by atoms with Crippen LogP contribution in [-0.2, 0) is 4.79 Å². The van der Waals surface area contributed by atoms with E-state index in [2.05, 4.69) is 5.32 Å². The fourth-order valence-corrected chi connectivity index (χ4v) is 1.65. The first kappa shape index (κ1) is 15.9. The van der Waals surface area contributed by atoms with E-state index in [-0.39, 0.29) is 0 Å². The summed E-state index contributed by atoms with van der Waals surface area (Å²) in [6.45, 7) is 5.18. The van der Waals surface area contributed by atoms with Crippen molar-refractivity contribution in [1.29, 1.82) is 0 Å². The Hall–Kier alpha value is -2.11. The first-order chi connectivity index (χ1) is 9.12. The number of carbonyl (C=O) groups is 2. The maximum Gasteiger partial charge on any atom is 0.326 e. The van der Waals surface area contributed by atoms with Crippen LogP contribution in [0.25, 0.3) is 0 Å². The van der Waals surface area contributed by atoms with Gasteiger partial charge in [-0.1, -0.05) is 20.8 Å². The number of nitrogens with zero attached hydrogens (tertiary/aromatic N) is 1. The van der Waals surface area contributed by atoms with Crippen molar-refractivity contribution in [3.05, 3.63) is 30.1 Å². The van der Waals surface area contributed by atoms with E-state index in [0.717, 1.165) is 0 Å². The van der Waals surface area contributed by atoms with E-state index in [0.29, 0.717) is 5.69 Å². The molecule has 0 saturated carbocycles. The number of anilines is 1. The Bertz CT molecular complexity index is 494. The minimum absolute atomic E-state index is 0.402. The topological polar surface area (TPSA) is 69.6 Å². The van der Waals surface area contributed by atoms with Crippen molar-refractivity contribution < 1.29 is 19.1 Å². The maximum atomic E-state index is 12.8. The monoisotopic (exact) mass is 282 g/mol. The summed E-state index contributed by atoms with van der Waals surface area (Å²) in [4.78, 5) is 24.5. The average Bonchev–Trinajstić information content (AvgIpc) is 2.33. The lowest BCUT2D eigenvalue weighted by molar-refractivity contribution is -0.141. The Morgan fingerprint density at radius 3 is 2.15 bits per heavy atom. The van der Waals surface area contributed by atoms with Crippen LogP contribution in [0.5, 0.6) is 0 Å². The second-order valence-corrected chi connectivity index (χ2v) is 5.62. The van der Waals surface area contributed by atoms with Crippen LogP contribution in [0.3, 0.4) is 0 Å². The standard InChI is InChI=1S/C14H19FN2O3/c1-14(2,3)11(12(18)19)16-13(20)17(4)10-7-5-9(15)6-8-10/h5-8,11H,1-4H3,(H,16,20)(H,18,19). The van der Waals surface area contributed by atoms with Gasteiger partial charge < -0.3 is 10.4 Å². The highest BCUT2D eigenvalue weighted by atomic mass is 19.1. The van der Waals surface area contributed by atoms with Crippen LogP contribution in [0.4, 0.5) is 14.9 Å². The largest absolute Gasteiger partial charge is 0.480 e. The zero-order valence-electron chi connectivity index (χ0n) is 12.0. The molecule has 0 aliphatic carbocycles. The minimum Gasteiger partial charge on any atom is -0.480 e. The van der Waals surface area contributed by atoms with Crippen LogP contribution in [-0.4, -0.2) is 30.2 Å². The lowest BCUT2D eigenvalue weighted by Crippen LogP contribution is -2.52. The number of hydrogen-bond acceptors (Lipinski definition) is 2. The Labute approximate surface area is 117 Å². The number of carboxylic acid groups (broad SMARTS) is 1. The third-order valence-corrected chi connectivity index (χ3v) is 2.90. The number of halogens is 1. The number of amides is 2. The fourth-order valence-electron chi connectivity index (χ4n) is 1.65. The summed E-state index contributed by atoms with van der Waals surface area (Å²) in [5, 5.41) is 11.6. The third-order valence-electron chi connectivity index (χ3n) is 2.90. The van der Waals surface area contributed by atoms with E-state index in [1.807, 2.05) is 0 Å². The molecule has 0 bridgehead atoms. The lowest BCUT2D eigenvalue weighted by atomic mass is 9.87. The summed E-state index contributed by atoms with van der Waals surface area (Å²) in [5.41, 5.74) is -0.146. The van der Waals surface area contributed by atoms with Gasteiger partial charge in [0.05, 0.1) is 0 Å². The molecule has 6 heteroatoms. The van der Waals surface area contributed by atoms with Gasteiger partial charge in [-0.3, -0.25) is 4.90 Å². The molecule has 110 valence electrons. The predicted octanol–water partition coefficient (Wildman–Crippen LogP) is 2.47. The van der Waals surface area contributed by atoms with Gasteiger partial charge in [0, 0.05) is 12.7 Å². The molecule has 0 aliphatic rings. The van der Waals surface area contributed by atoms with Gasteiger partial charge in [-0.15, -0.1) is 0 Å². The van der Waals surface area contributed by atoms with Crippen LogP contribution >= 0.6 is 0 Å². The molecule has 0 fully saturated rings. The SMILES string of the molecule is CN(C(=O)NC(C(=O)O)C(C)(C)C)c1ccc(F)cc1. The normalized spacial score (nSPS) is 12.7. The van der Waals surface area contributed by atoms with E-state index >= 15 is 0 Å². The predicted molar refractivity (Wildman–Crippen MR) is 74.2 cm³/mol. The number of aliphatic carboxylic acids is 1. The molecule has 0 radical (unpaired) electrons. The van der Waals surface area contributed by atoms with Gasteiger partial charge in [-0.05, 0) is 29.7 Å². The van der Waals surface area contributed by atoms with Gasteiger partial charge in [0.2, 0.25) is 0 Å². The molecule has 0 saturated heterocycles. The number of rotatable bonds is 3. The molecule has 0 aromatic heterocycles. The summed E-state index contributed by atoms with van der Waals surface area (Å²) in [7, 11) is 1.49. The zero-order chi connectivity index (χ0) is 15.5. The number of carboxylic acids is 1. The number of nitrogens with one attached hydrogen (secondary N) is 1. The quantitative estimate of drug-likeness (QED) is 0.894. The second-order valence-electron chi connectivity index (χ2n) is 5.62. The molecule has 2 N–H and O–H groups in total. The van der Waals surface area contributed by atoms with Crippen LogP contribution < -0.4 is 10.2 Å². The summed E-state index contributed by atoms with van der Waals surface area (Å²) in [6.07, 6.45) is 0. The van der Waals surface area contributed by atoms with E-state index in [1.165, 1.54) is 36.2 Å². The molecule has 0 heterocycles. The van der Waals surface area contributed by atoms with Crippen molar-refractivity contribution >= 4 is 17.7 Å². The molecule has 1 aromatic rings. The van der Waals surface area contributed by atoms with E-state index in [4.69, 9.17) is 5.11 Å². The van der Waals surface area contributed by atoms with Gasteiger partial charge >= 0.3 is 12.0 Å². The first-order valence-corrected chi connectivity index (χ1v) is 6.15. The van der Waals surface area contributed by atoms with Crippen molar-refractivity contribution in [2.45, 2.75) is 26.8 Å². The van der Waals surface area contributed by atoms with Crippen LogP contribution in [0.1, 0.15) is 20.8 Å². The van der Waals surface area contributed by atoms with Crippen molar-refractivity contribution in [1.82, 2.24) is 5.32 Å². The van der Waals surface area contributed by atoms with Crippen LogP contribution in [0.2, 0.25) is 0 Å². The zero-order valence-corrected chi connectivity index (χ0v) is 12.0.